The Kier molecular flexibility index (Phi) is 7.75. The van der Waals surface area contributed by atoms with Crippen molar-refractivity contribution in [1.82, 2.24) is 4.90 Å². The van der Waals surface area contributed by atoms with E-state index in [1.165, 1.54) is 5.56 Å². The van der Waals surface area contributed by atoms with Crippen molar-refractivity contribution in [1.29, 1.82) is 0 Å². The van der Waals surface area contributed by atoms with E-state index in [1.54, 1.807) is 11.8 Å². The van der Waals surface area contributed by atoms with Crippen LogP contribution < -0.4 is 0 Å². The first-order valence-electron chi connectivity index (χ1n) is 6.38. The Morgan fingerprint density at radius 2 is 1.83 bits per heavy atom. The molecule has 1 rings (SSSR count). The average molecular weight is 288 g/mol. The van der Waals surface area contributed by atoms with Gasteiger partial charge in [0.25, 0.3) is 0 Å². The molecule has 0 aliphatic carbocycles. The summed E-state index contributed by atoms with van der Waals surface area (Å²) in [6.07, 6.45) is -0.248. The van der Waals surface area contributed by atoms with Crippen molar-refractivity contribution in [2.75, 3.05) is 25.4 Å². The van der Waals surface area contributed by atoms with Crippen LogP contribution in [0, 0.1) is 0 Å². The summed E-state index contributed by atoms with van der Waals surface area (Å²) in [6.45, 7) is 7.00. The van der Waals surface area contributed by atoms with Crippen LogP contribution in [0.15, 0.2) is 24.3 Å². The van der Waals surface area contributed by atoms with E-state index in [4.69, 9.17) is 11.6 Å². The van der Waals surface area contributed by atoms with E-state index >= 15 is 0 Å². The largest absolute Gasteiger partial charge is 0.391 e. The Balaban J connectivity index is 2.22. The predicted octanol–water partition coefficient (Wildman–Crippen LogP) is 3.28. The first-order chi connectivity index (χ1) is 8.65. The number of aliphatic hydroxyl groups excluding tert-OH is 1. The van der Waals surface area contributed by atoms with Gasteiger partial charge in [0.15, 0.2) is 0 Å². The molecule has 1 aromatic carbocycles. The van der Waals surface area contributed by atoms with Crippen molar-refractivity contribution in [3.05, 3.63) is 34.9 Å². The van der Waals surface area contributed by atoms with Crippen molar-refractivity contribution in [2.24, 2.45) is 0 Å². The lowest BCUT2D eigenvalue weighted by atomic mass is 10.2. The normalized spacial score (nSPS) is 12.9. The quantitative estimate of drug-likeness (QED) is 0.794. The van der Waals surface area contributed by atoms with Gasteiger partial charge in [0.2, 0.25) is 0 Å². The van der Waals surface area contributed by atoms with E-state index in [2.05, 4.69) is 18.7 Å². The molecule has 1 N–H and O–H groups in total. The molecule has 0 saturated carbocycles. The van der Waals surface area contributed by atoms with Gasteiger partial charge in [-0.2, -0.15) is 11.8 Å². The SMILES string of the molecule is CCN(CC)CC(O)CSCc1ccc(Cl)cc1. The van der Waals surface area contributed by atoms with Crippen molar-refractivity contribution >= 4 is 23.4 Å². The number of likely N-dealkylation sites (N-methyl/N-ethyl adjacent to an activating group) is 1. The van der Waals surface area contributed by atoms with Crippen molar-refractivity contribution in [3.8, 4) is 0 Å². The van der Waals surface area contributed by atoms with Crippen LogP contribution in [-0.4, -0.2) is 41.5 Å². The van der Waals surface area contributed by atoms with Gasteiger partial charge in [-0.05, 0) is 30.8 Å². The molecular weight excluding hydrogens is 266 g/mol. The minimum atomic E-state index is -0.248. The smallest absolute Gasteiger partial charge is 0.0757 e. The van der Waals surface area contributed by atoms with Gasteiger partial charge in [-0.25, -0.2) is 0 Å². The molecule has 1 unspecified atom stereocenters. The van der Waals surface area contributed by atoms with Crippen LogP contribution in [0.5, 0.6) is 0 Å². The first-order valence-corrected chi connectivity index (χ1v) is 7.91. The molecule has 0 aliphatic heterocycles. The summed E-state index contributed by atoms with van der Waals surface area (Å²) in [4.78, 5) is 2.24. The predicted molar refractivity (Wildman–Crippen MR) is 81.4 cm³/mol. The van der Waals surface area contributed by atoms with Gasteiger partial charge in [0.05, 0.1) is 6.10 Å². The number of hydrogen-bond acceptors (Lipinski definition) is 3. The van der Waals surface area contributed by atoms with Crippen LogP contribution in [0.2, 0.25) is 5.02 Å². The summed E-state index contributed by atoms with van der Waals surface area (Å²) in [5.41, 5.74) is 1.25. The van der Waals surface area contributed by atoms with E-state index < -0.39 is 0 Å². The summed E-state index contributed by atoms with van der Waals surface area (Å²) in [7, 11) is 0. The standard InChI is InChI=1S/C14H22ClNOS/c1-3-16(4-2)9-14(17)11-18-10-12-5-7-13(15)8-6-12/h5-8,14,17H,3-4,9-11H2,1-2H3. The van der Waals surface area contributed by atoms with Crippen molar-refractivity contribution < 1.29 is 5.11 Å². The minimum Gasteiger partial charge on any atom is -0.391 e. The third kappa shape index (κ3) is 6.10. The molecule has 1 atom stereocenters. The average Bonchev–Trinajstić information content (AvgIpc) is 2.38. The summed E-state index contributed by atoms with van der Waals surface area (Å²) in [5, 5.41) is 10.7. The van der Waals surface area contributed by atoms with E-state index in [0.29, 0.717) is 0 Å². The molecule has 0 radical (unpaired) electrons. The van der Waals surface area contributed by atoms with Gasteiger partial charge in [0, 0.05) is 23.1 Å². The highest BCUT2D eigenvalue weighted by molar-refractivity contribution is 7.98. The topological polar surface area (TPSA) is 23.5 Å². The van der Waals surface area contributed by atoms with Crippen molar-refractivity contribution in [3.63, 3.8) is 0 Å². The van der Waals surface area contributed by atoms with E-state index in [-0.39, 0.29) is 6.10 Å². The minimum absolute atomic E-state index is 0.248. The molecular formula is C14H22ClNOS. The second-order valence-corrected chi connectivity index (χ2v) is 5.75. The number of nitrogens with zero attached hydrogens (tertiary/aromatic N) is 1. The zero-order valence-corrected chi connectivity index (χ0v) is 12.7. The zero-order chi connectivity index (χ0) is 13.4. The molecule has 102 valence electrons. The second kappa shape index (κ2) is 8.81. The Labute approximate surface area is 119 Å². The fourth-order valence-corrected chi connectivity index (χ4v) is 2.78. The first kappa shape index (κ1) is 15.8. The van der Waals surface area contributed by atoms with Gasteiger partial charge >= 0.3 is 0 Å². The fraction of sp³-hybridized carbons (Fsp3) is 0.571. The third-order valence-corrected chi connectivity index (χ3v) is 4.27. The Morgan fingerprint density at radius 1 is 1.22 bits per heavy atom. The molecule has 0 amide bonds. The number of benzene rings is 1. The Morgan fingerprint density at radius 3 is 2.39 bits per heavy atom. The third-order valence-electron chi connectivity index (χ3n) is 2.86. The molecule has 0 fully saturated rings. The number of aliphatic hydroxyl groups is 1. The van der Waals surface area contributed by atoms with Gasteiger partial charge in [-0.1, -0.05) is 37.6 Å². The molecule has 18 heavy (non-hydrogen) atoms. The van der Waals surface area contributed by atoms with E-state index in [9.17, 15) is 5.11 Å². The highest BCUT2D eigenvalue weighted by atomic mass is 35.5. The van der Waals surface area contributed by atoms with Crippen LogP contribution in [-0.2, 0) is 5.75 Å². The number of hydrogen-bond donors (Lipinski definition) is 1. The highest BCUT2D eigenvalue weighted by Crippen LogP contribution is 2.16. The molecule has 0 spiro atoms. The maximum absolute atomic E-state index is 9.92. The monoisotopic (exact) mass is 287 g/mol. The number of thioether (sulfide) groups is 1. The molecule has 0 heterocycles. The maximum Gasteiger partial charge on any atom is 0.0757 e. The molecule has 2 nitrogen and oxygen atoms in total. The van der Waals surface area contributed by atoms with Crippen LogP contribution in [0.25, 0.3) is 0 Å². The molecule has 4 heteroatoms. The molecule has 1 aromatic rings. The van der Waals surface area contributed by atoms with Crippen molar-refractivity contribution in [2.45, 2.75) is 25.7 Å². The van der Waals surface area contributed by atoms with Crippen LogP contribution >= 0.6 is 23.4 Å². The number of rotatable bonds is 8. The van der Waals surface area contributed by atoms with Crippen LogP contribution in [0.3, 0.4) is 0 Å². The lowest BCUT2D eigenvalue weighted by Crippen LogP contribution is -2.33. The van der Waals surface area contributed by atoms with Gasteiger partial charge in [-0.15, -0.1) is 0 Å². The zero-order valence-electron chi connectivity index (χ0n) is 11.1. The summed E-state index contributed by atoms with van der Waals surface area (Å²) < 4.78 is 0. The molecule has 0 bridgehead atoms. The lowest BCUT2D eigenvalue weighted by molar-refractivity contribution is 0.137. The number of halogens is 1. The molecule has 0 aromatic heterocycles. The summed E-state index contributed by atoms with van der Waals surface area (Å²) >= 11 is 7.60. The maximum atomic E-state index is 9.92. The fourth-order valence-electron chi connectivity index (χ4n) is 1.73. The van der Waals surface area contributed by atoms with Gasteiger partial charge in [-0.3, -0.25) is 0 Å². The Bertz CT molecular complexity index is 327. The molecule has 0 aliphatic rings. The molecule has 0 saturated heterocycles. The highest BCUT2D eigenvalue weighted by Gasteiger charge is 2.08. The summed E-state index contributed by atoms with van der Waals surface area (Å²) in [6, 6.07) is 7.88. The van der Waals surface area contributed by atoms with Gasteiger partial charge in [0.1, 0.15) is 0 Å². The van der Waals surface area contributed by atoms with Crippen LogP contribution in [0.4, 0.5) is 0 Å². The second-order valence-electron chi connectivity index (χ2n) is 4.28. The van der Waals surface area contributed by atoms with E-state index in [0.717, 1.165) is 36.2 Å². The lowest BCUT2D eigenvalue weighted by Gasteiger charge is -2.21. The van der Waals surface area contributed by atoms with Gasteiger partial charge < -0.3 is 10.0 Å². The van der Waals surface area contributed by atoms with E-state index in [1.807, 2.05) is 24.3 Å². The van der Waals surface area contributed by atoms with Crippen LogP contribution in [0.1, 0.15) is 19.4 Å². The Hall–Kier alpha value is -0.220. The summed E-state index contributed by atoms with van der Waals surface area (Å²) in [5.74, 6) is 1.70.